The lowest BCUT2D eigenvalue weighted by molar-refractivity contribution is 0.374. The molecule has 3 aromatic rings. The van der Waals surface area contributed by atoms with Crippen LogP contribution < -0.4 is 4.72 Å². The van der Waals surface area contributed by atoms with E-state index in [4.69, 9.17) is 9.05 Å². The van der Waals surface area contributed by atoms with Crippen LogP contribution in [0.4, 0.5) is 0 Å². The van der Waals surface area contributed by atoms with Crippen molar-refractivity contribution in [3.05, 3.63) is 29.7 Å². The second kappa shape index (κ2) is 6.41. The van der Waals surface area contributed by atoms with Crippen LogP contribution >= 0.6 is 0 Å². The van der Waals surface area contributed by atoms with Crippen LogP contribution in [0.5, 0.6) is 0 Å². The summed E-state index contributed by atoms with van der Waals surface area (Å²) in [6.45, 7) is 5.47. The maximum absolute atomic E-state index is 12.4. The summed E-state index contributed by atoms with van der Waals surface area (Å²) < 4.78 is 38.8. The van der Waals surface area contributed by atoms with Gasteiger partial charge in [0.1, 0.15) is 11.6 Å². The number of nitrogens with one attached hydrogen (secondary N) is 1. The molecule has 0 aliphatic heterocycles. The lowest BCUT2D eigenvalue weighted by atomic mass is 10.2. The van der Waals surface area contributed by atoms with Gasteiger partial charge in [-0.25, -0.2) is 18.1 Å². The highest BCUT2D eigenvalue weighted by Gasteiger charge is 2.22. The molecule has 0 aromatic carbocycles. The Bertz CT molecular complexity index is 985. The van der Waals surface area contributed by atoms with E-state index in [1.54, 1.807) is 24.6 Å². The molecule has 0 spiro atoms. The van der Waals surface area contributed by atoms with Crippen molar-refractivity contribution in [2.45, 2.75) is 38.3 Å². The van der Waals surface area contributed by atoms with Gasteiger partial charge < -0.3 is 13.6 Å². The molecule has 25 heavy (non-hydrogen) atoms. The smallest absolute Gasteiger partial charge is 0.260 e. The average Bonchev–Trinajstić information content (AvgIpc) is 3.24. The Kier molecular flexibility index (Phi) is 4.43. The SMILES string of the molecule is Cc1cc(-c2noc(CNS(=O)(=O)c3cn(C)c(C(C)C)n3)n2)no1. The molecule has 0 saturated carbocycles. The van der Waals surface area contributed by atoms with Crippen molar-refractivity contribution in [3.63, 3.8) is 0 Å². The zero-order valence-corrected chi connectivity index (χ0v) is 15.0. The van der Waals surface area contributed by atoms with E-state index in [1.807, 2.05) is 13.8 Å². The first-order chi connectivity index (χ1) is 11.8. The van der Waals surface area contributed by atoms with Crippen LogP contribution in [0.3, 0.4) is 0 Å². The van der Waals surface area contributed by atoms with Gasteiger partial charge in [-0.05, 0) is 6.92 Å². The summed E-state index contributed by atoms with van der Waals surface area (Å²) >= 11 is 0. The zero-order valence-electron chi connectivity index (χ0n) is 14.2. The summed E-state index contributed by atoms with van der Waals surface area (Å²) in [7, 11) is -2.03. The number of hydrogen-bond donors (Lipinski definition) is 1. The summed E-state index contributed by atoms with van der Waals surface area (Å²) in [5.74, 6) is 1.74. The summed E-state index contributed by atoms with van der Waals surface area (Å²) in [6, 6.07) is 1.65. The fourth-order valence-corrected chi connectivity index (χ4v) is 3.22. The van der Waals surface area contributed by atoms with Gasteiger partial charge in [-0.1, -0.05) is 24.2 Å². The minimum Gasteiger partial charge on any atom is -0.361 e. The minimum atomic E-state index is -3.79. The topological polar surface area (TPSA) is 129 Å². The van der Waals surface area contributed by atoms with Gasteiger partial charge in [-0.15, -0.1) is 0 Å². The van der Waals surface area contributed by atoms with Crippen LogP contribution in [0.25, 0.3) is 11.5 Å². The molecule has 3 heterocycles. The Labute approximate surface area is 144 Å². The molecule has 0 radical (unpaired) electrons. The highest BCUT2D eigenvalue weighted by atomic mass is 32.2. The molecule has 0 amide bonds. The number of imidazole rings is 1. The fraction of sp³-hybridized carbons (Fsp3) is 0.429. The van der Waals surface area contributed by atoms with Crippen LogP contribution in [0.15, 0.2) is 26.3 Å². The number of aryl methyl sites for hydroxylation is 2. The zero-order chi connectivity index (χ0) is 18.2. The van der Waals surface area contributed by atoms with E-state index in [-0.39, 0.29) is 29.2 Å². The molecule has 3 rings (SSSR count). The highest BCUT2D eigenvalue weighted by molar-refractivity contribution is 7.89. The molecule has 0 aliphatic rings. The molecule has 0 bridgehead atoms. The first-order valence-electron chi connectivity index (χ1n) is 7.55. The van der Waals surface area contributed by atoms with Crippen LogP contribution in [0.1, 0.15) is 37.2 Å². The van der Waals surface area contributed by atoms with E-state index >= 15 is 0 Å². The molecular weight excluding hydrogens is 348 g/mol. The normalized spacial score (nSPS) is 12.2. The summed E-state index contributed by atoms with van der Waals surface area (Å²) in [5.41, 5.74) is 0.418. The van der Waals surface area contributed by atoms with Gasteiger partial charge >= 0.3 is 0 Å². The number of sulfonamides is 1. The fourth-order valence-electron chi connectivity index (χ4n) is 2.25. The van der Waals surface area contributed by atoms with E-state index in [2.05, 4.69) is 25.0 Å². The third-order valence-electron chi connectivity index (χ3n) is 3.42. The number of rotatable bonds is 6. The first kappa shape index (κ1) is 17.3. The Hall–Kier alpha value is -2.53. The minimum absolute atomic E-state index is 0.0504. The predicted octanol–water partition coefficient (Wildman–Crippen LogP) is 1.37. The monoisotopic (exact) mass is 366 g/mol. The molecule has 134 valence electrons. The lowest BCUT2D eigenvalue weighted by Gasteiger charge is -2.02. The Morgan fingerprint density at radius 1 is 1.24 bits per heavy atom. The second-order valence-corrected chi connectivity index (χ2v) is 7.58. The molecule has 0 atom stereocenters. The number of aromatic nitrogens is 5. The molecule has 3 aromatic heterocycles. The van der Waals surface area contributed by atoms with Crippen LogP contribution in [-0.4, -0.2) is 33.3 Å². The summed E-state index contributed by atoms with van der Waals surface area (Å²) in [6.07, 6.45) is 1.47. The van der Waals surface area contributed by atoms with Crippen molar-refractivity contribution >= 4 is 10.0 Å². The summed E-state index contributed by atoms with van der Waals surface area (Å²) in [4.78, 5) is 8.26. The van der Waals surface area contributed by atoms with Crippen LogP contribution in [0.2, 0.25) is 0 Å². The number of hydrogen-bond acceptors (Lipinski definition) is 8. The average molecular weight is 366 g/mol. The molecule has 1 N–H and O–H groups in total. The van der Waals surface area contributed by atoms with Crippen molar-refractivity contribution in [1.29, 1.82) is 0 Å². The van der Waals surface area contributed by atoms with Gasteiger partial charge in [0.05, 0.1) is 6.54 Å². The third kappa shape index (κ3) is 3.61. The molecule has 0 unspecified atom stereocenters. The quantitative estimate of drug-likeness (QED) is 0.692. The van der Waals surface area contributed by atoms with Gasteiger partial charge in [0.25, 0.3) is 10.0 Å². The molecule has 11 heteroatoms. The van der Waals surface area contributed by atoms with Gasteiger partial charge in [-0.2, -0.15) is 4.98 Å². The van der Waals surface area contributed by atoms with Crippen molar-refractivity contribution in [2.75, 3.05) is 0 Å². The summed E-state index contributed by atoms with van der Waals surface area (Å²) in [5, 5.41) is 7.47. The Balaban J connectivity index is 1.72. The molecule has 0 saturated heterocycles. The van der Waals surface area contributed by atoms with Gasteiger partial charge in [0, 0.05) is 25.2 Å². The van der Waals surface area contributed by atoms with Gasteiger partial charge in [0.2, 0.25) is 11.7 Å². The van der Waals surface area contributed by atoms with E-state index in [1.165, 1.54) is 6.20 Å². The van der Waals surface area contributed by atoms with Crippen molar-refractivity contribution in [1.82, 2.24) is 29.6 Å². The molecule has 0 fully saturated rings. The second-order valence-electron chi connectivity index (χ2n) is 5.86. The van der Waals surface area contributed by atoms with E-state index in [9.17, 15) is 8.42 Å². The van der Waals surface area contributed by atoms with Gasteiger partial charge in [0.15, 0.2) is 10.7 Å². The third-order valence-corrected chi connectivity index (χ3v) is 4.69. The van der Waals surface area contributed by atoms with Crippen LogP contribution in [0, 0.1) is 6.92 Å². The van der Waals surface area contributed by atoms with E-state index < -0.39 is 10.0 Å². The highest BCUT2D eigenvalue weighted by Crippen LogP contribution is 2.17. The Morgan fingerprint density at radius 3 is 2.60 bits per heavy atom. The molecular formula is C14H18N6O4S. The largest absolute Gasteiger partial charge is 0.361 e. The number of nitrogens with zero attached hydrogens (tertiary/aromatic N) is 5. The van der Waals surface area contributed by atoms with Crippen LogP contribution in [-0.2, 0) is 23.6 Å². The standard InChI is InChI=1S/C14H18N6O4S/c1-8(2)14-17-12(7-20(14)4)25(21,22)15-6-11-16-13(19-24-11)10-5-9(3)23-18-10/h5,7-8,15H,6H2,1-4H3. The maximum Gasteiger partial charge on any atom is 0.260 e. The molecule has 10 nitrogen and oxygen atoms in total. The predicted molar refractivity (Wildman–Crippen MR) is 85.9 cm³/mol. The lowest BCUT2D eigenvalue weighted by Crippen LogP contribution is -2.23. The van der Waals surface area contributed by atoms with Crippen molar-refractivity contribution in [3.8, 4) is 11.5 Å². The van der Waals surface area contributed by atoms with E-state index in [0.29, 0.717) is 17.3 Å². The first-order valence-corrected chi connectivity index (χ1v) is 9.04. The van der Waals surface area contributed by atoms with Gasteiger partial charge in [-0.3, -0.25) is 0 Å². The Morgan fingerprint density at radius 2 is 2.00 bits per heavy atom. The van der Waals surface area contributed by atoms with E-state index in [0.717, 1.165) is 0 Å². The van der Waals surface area contributed by atoms with Crippen molar-refractivity contribution in [2.24, 2.45) is 7.05 Å². The maximum atomic E-state index is 12.4. The molecule has 0 aliphatic carbocycles. The van der Waals surface area contributed by atoms with Crippen molar-refractivity contribution < 1.29 is 17.5 Å².